The molecule has 0 aliphatic carbocycles. The number of methoxy groups -OCH3 is 2. The second-order valence-corrected chi connectivity index (χ2v) is 6.98. The number of aromatic nitrogens is 4. The Morgan fingerprint density at radius 3 is 2.69 bits per heavy atom. The van der Waals surface area contributed by atoms with Crippen molar-refractivity contribution in [1.82, 2.24) is 19.5 Å². The van der Waals surface area contributed by atoms with Gasteiger partial charge in [-0.1, -0.05) is 17.7 Å². The van der Waals surface area contributed by atoms with E-state index in [-0.39, 0.29) is 11.8 Å². The molecule has 138 valence electrons. The normalized spacial score (nSPS) is 11.1. The molecule has 26 heavy (non-hydrogen) atoms. The Morgan fingerprint density at radius 1 is 1.19 bits per heavy atom. The zero-order chi connectivity index (χ0) is 18.7. The summed E-state index contributed by atoms with van der Waals surface area (Å²) in [5, 5.41) is 0.652. The molecule has 10 heteroatoms. The smallest absolute Gasteiger partial charge is 0.320 e. The van der Waals surface area contributed by atoms with Crippen LogP contribution in [0.15, 0.2) is 18.2 Å². The summed E-state index contributed by atoms with van der Waals surface area (Å²) < 4.78 is 18.7. The maximum atomic E-state index is 6.36. The highest BCUT2D eigenvalue weighted by Crippen LogP contribution is 2.28. The van der Waals surface area contributed by atoms with Gasteiger partial charge < -0.3 is 19.9 Å². The van der Waals surface area contributed by atoms with E-state index in [4.69, 9.17) is 31.5 Å². The number of nitrogen functional groups attached to an aromatic ring is 1. The van der Waals surface area contributed by atoms with Gasteiger partial charge in [0.1, 0.15) is 6.61 Å². The summed E-state index contributed by atoms with van der Waals surface area (Å²) in [6, 6.07) is 6.35. The van der Waals surface area contributed by atoms with Gasteiger partial charge in [0.25, 0.3) is 6.01 Å². The fraction of sp³-hybridized carbons (Fsp3) is 0.312. The average molecular weight is 490 g/mol. The second kappa shape index (κ2) is 8.23. The van der Waals surface area contributed by atoms with E-state index in [1.54, 1.807) is 11.7 Å². The van der Waals surface area contributed by atoms with Crippen LogP contribution in [0, 0.1) is 3.57 Å². The van der Waals surface area contributed by atoms with E-state index in [9.17, 15) is 0 Å². The molecule has 0 spiro atoms. The predicted molar refractivity (Wildman–Crippen MR) is 107 cm³/mol. The zero-order valence-electron chi connectivity index (χ0n) is 14.2. The van der Waals surface area contributed by atoms with Gasteiger partial charge >= 0.3 is 6.01 Å². The van der Waals surface area contributed by atoms with Crippen LogP contribution in [-0.4, -0.2) is 47.0 Å². The molecule has 2 N–H and O–H groups in total. The lowest BCUT2D eigenvalue weighted by Gasteiger charge is -2.10. The number of ether oxygens (including phenoxy) is 3. The van der Waals surface area contributed by atoms with Gasteiger partial charge in [0.2, 0.25) is 0 Å². The number of benzene rings is 1. The van der Waals surface area contributed by atoms with Gasteiger partial charge in [0.05, 0.1) is 20.3 Å². The first-order valence-corrected chi connectivity index (χ1v) is 9.12. The summed E-state index contributed by atoms with van der Waals surface area (Å²) >= 11 is 8.58. The SMILES string of the molecule is COCCOc1nc(N)c2nc(OC)n(Cc3ccc(I)cc3Cl)c2n1. The summed E-state index contributed by atoms with van der Waals surface area (Å²) in [7, 11) is 3.12. The quantitative estimate of drug-likeness (QED) is 0.403. The number of hydrogen-bond donors (Lipinski definition) is 1. The molecular formula is C16H17ClIN5O3. The van der Waals surface area contributed by atoms with Crippen molar-refractivity contribution in [3.63, 3.8) is 0 Å². The molecule has 3 rings (SSSR count). The Kier molecular flexibility index (Phi) is 5.99. The molecule has 1 aromatic carbocycles. The lowest BCUT2D eigenvalue weighted by atomic mass is 10.2. The molecule has 8 nitrogen and oxygen atoms in total. The maximum absolute atomic E-state index is 6.36. The number of nitrogens with zero attached hydrogens (tertiary/aromatic N) is 4. The zero-order valence-corrected chi connectivity index (χ0v) is 17.1. The van der Waals surface area contributed by atoms with Crippen molar-refractivity contribution >= 4 is 51.2 Å². The number of fused-ring (bicyclic) bond motifs is 1. The van der Waals surface area contributed by atoms with Crippen LogP contribution in [0.1, 0.15) is 5.56 Å². The number of nitrogens with two attached hydrogens (primary N) is 1. The highest BCUT2D eigenvalue weighted by molar-refractivity contribution is 14.1. The van der Waals surface area contributed by atoms with Crippen molar-refractivity contribution in [2.75, 3.05) is 33.2 Å². The number of rotatable bonds is 7. The van der Waals surface area contributed by atoms with Crippen molar-refractivity contribution in [2.45, 2.75) is 6.54 Å². The van der Waals surface area contributed by atoms with Crippen molar-refractivity contribution in [2.24, 2.45) is 0 Å². The van der Waals surface area contributed by atoms with Gasteiger partial charge in [0, 0.05) is 15.7 Å². The minimum absolute atomic E-state index is 0.157. The summed E-state index contributed by atoms with van der Waals surface area (Å²) in [6.07, 6.45) is 0. The molecule has 3 aromatic rings. The van der Waals surface area contributed by atoms with Crippen LogP contribution < -0.4 is 15.2 Å². The lowest BCUT2D eigenvalue weighted by Crippen LogP contribution is -2.09. The lowest BCUT2D eigenvalue weighted by molar-refractivity contribution is 0.141. The molecular weight excluding hydrogens is 473 g/mol. The number of imidazole rings is 1. The van der Waals surface area contributed by atoms with Crippen LogP contribution >= 0.6 is 34.2 Å². The van der Waals surface area contributed by atoms with Gasteiger partial charge in [-0.15, -0.1) is 0 Å². The van der Waals surface area contributed by atoms with Gasteiger partial charge in [-0.3, -0.25) is 4.57 Å². The minimum Gasteiger partial charge on any atom is -0.468 e. The Labute approximate surface area is 168 Å². The third-order valence-corrected chi connectivity index (χ3v) is 4.63. The largest absolute Gasteiger partial charge is 0.468 e. The maximum Gasteiger partial charge on any atom is 0.320 e. The van der Waals surface area contributed by atoms with E-state index in [0.717, 1.165) is 9.13 Å². The standard InChI is InChI=1S/C16H17ClIN5O3/c1-24-5-6-26-15-21-13(19)12-14(22-15)23(16(20-12)25-2)8-9-3-4-10(18)7-11(9)17/h3-4,7H,5-6,8H2,1-2H3,(H2,19,21,22). The Hall–Kier alpha value is -1.85. The summed E-state index contributed by atoms with van der Waals surface area (Å²) in [5.74, 6) is 0.216. The number of halogens is 2. The van der Waals surface area contributed by atoms with Crippen molar-refractivity contribution in [3.05, 3.63) is 32.4 Å². The highest BCUT2D eigenvalue weighted by atomic mass is 127. The van der Waals surface area contributed by atoms with Crippen LogP contribution in [0.2, 0.25) is 5.02 Å². The predicted octanol–water partition coefficient (Wildman–Crippen LogP) is 2.75. The molecule has 0 aliphatic heterocycles. The fourth-order valence-corrected chi connectivity index (χ4v) is 3.30. The summed E-state index contributed by atoms with van der Waals surface area (Å²) in [6.45, 7) is 1.15. The summed E-state index contributed by atoms with van der Waals surface area (Å²) in [5.41, 5.74) is 7.88. The van der Waals surface area contributed by atoms with Gasteiger partial charge in [-0.25, -0.2) is 0 Å². The molecule has 0 saturated heterocycles. The van der Waals surface area contributed by atoms with E-state index in [2.05, 4.69) is 37.5 Å². The van der Waals surface area contributed by atoms with Gasteiger partial charge in [-0.05, 0) is 40.3 Å². The monoisotopic (exact) mass is 489 g/mol. The van der Waals surface area contributed by atoms with E-state index in [1.807, 2.05) is 18.2 Å². The van der Waals surface area contributed by atoms with E-state index in [1.165, 1.54) is 7.11 Å². The third kappa shape index (κ3) is 3.94. The van der Waals surface area contributed by atoms with Crippen LogP contribution in [-0.2, 0) is 11.3 Å². The second-order valence-electron chi connectivity index (χ2n) is 5.33. The van der Waals surface area contributed by atoms with Crippen LogP contribution in [0.5, 0.6) is 12.0 Å². The fourth-order valence-electron chi connectivity index (χ4n) is 2.38. The molecule has 0 fully saturated rings. The van der Waals surface area contributed by atoms with Crippen molar-refractivity contribution < 1.29 is 14.2 Å². The first kappa shape index (κ1) is 18.9. The van der Waals surface area contributed by atoms with Gasteiger partial charge in [0.15, 0.2) is 17.0 Å². The Morgan fingerprint density at radius 2 is 2.00 bits per heavy atom. The molecule has 0 saturated carbocycles. The van der Waals surface area contributed by atoms with Gasteiger partial charge in [-0.2, -0.15) is 15.0 Å². The first-order valence-electron chi connectivity index (χ1n) is 7.67. The van der Waals surface area contributed by atoms with Crippen LogP contribution in [0.4, 0.5) is 5.82 Å². The molecule has 2 heterocycles. The third-order valence-electron chi connectivity index (χ3n) is 3.61. The van der Waals surface area contributed by atoms with Crippen LogP contribution in [0.3, 0.4) is 0 Å². The minimum atomic E-state index is 0.157. The van der Waals surface area contributed by atoms with E-state index < -0.39 is 0 Å². The summed E-state index contributed by atoms with van der Waals surface area (Å²) in [4.78, 5) is 12.9. The first-order chi connectivity index (χ1) is 12.5. The highest BCUT2D eigenvalue weighted by Gasteiger charge is 2.19. The average Bonchev–Trinajstić information content (AvgIpc) is 2.96. The number of anilines is 1. The Balaban J connectivity index is 2.04. The molecule has 0 unspecified atom stereocenters. The topological polar surface area (TPSA) is 97.3 Å². The van der Waals surface area contributed by atoms with E-state index in [0.29, 0.717) is 42.0 Å². The molecule has 2 aromatic heterocycles. The van der Waals surface area contributed by atoms with Crippen LogP contribution in [0.25, 0.3) is 11.2 Å². The van der Waals surface area contributed by atoms with E-state index >= 15 is 0 Å². The molecule has 0 aliphatic rings. The molecule has 0 bridgehead atoms. The molecule has 0 atom stereocenters. The molecule has 0 radical (unpaired) electrons. The van der Waals surface area contributed by atoms with Crippen molar-refractivity contribution in [3.8, 4) is 12.0 Å². The van der Waals surface area contributed by atoms with Crippen molar-refractivity contribution in [1.29, 1.82) is 0 Å². The Bertz CT molecular complexity index is 934. The molecule has 0 amide bonds. The number of hydrogen-bond acceptors (Lipinski definition) is 7.